The van der Waals surface area contributed by atoms with Gasteiger partial charge in [0.25, 0.3) is 0 Å². The lowest BCUT2D eigenvalue weighted by Crippen LogP contribution is -2.84. The third kappa shape index (κ3) is 6.57. The van der Waals surface area contributed by atoms with Gasteiger partial charge in [0.1, 0.15) is 29.7 Å². The van der Waals surface area contributed by atoms with Crippen LogP contribution in [0.25, 0.3) is 0 Å². The van der Waals surface area contributed by atoms with E-state index in [1.807, 2.05) is 6.07 Å². The maximum Gasteiger partial charge on any atom is 0.339 e. The third-order valence-corrected chi connectivity index (χ3v) is 36.3. The van der Waals surface area contributed by atoms with Crippen molar-refractivity contribution in [1.82, 2.24) is 10.2 Å². The van der Waals surface area contributed by atoms with Crippen LogP contribution >= 0.6 is 0 Å². The topological polar surface area (TPSA) is 181 Å². The van der Waals surface area contributed by atoms with Crippen LogP contribution in [0.15, 0.2) is 82.7 Å². The average Bonchev–Trinajstić information content (AvgIpc) is 1.40. The molecule has 0 amide bonds. The molecular formula is C85H102N2O11. The molecule has 1 aromatic carbocycles. The second-order valence-corrected chi connectivity index (χ2v) is 38.3. The van der Waals surface area contributed by atoms with Crippen LogP contribution in [0.2, 0.25) is 0 Å². The number of epoxide rings is 1. The van der Waals surface area contributed by atoms with Gasteiger partial charge in [0.05, 0.1) is 54.9 Å². The highest BCUT2D eigenvalue weighted by Crippen LogP contribution is 2.93. The van der Waals surface area contributed by atoms with E-state index in [1.165, 1.54) is 49.7 Å². The summed E-state index contributed by atoms with van der Waals surface area (Å²) in [6.07, 6.45) is 34.0. The molecular weight excluding hydrogens is 1220 g/mol. The molecule has 23 rings (SSSR count). The Labute approximate surface area is 577 Å². The van der Waals surface area contributed by atoms with Crippen molar-refractivity contribution in [2.24, 2.45) is 139 Å². The second kappa shape index (κ2) is 19.6. The number of hydrogen-bond donors (Lipinski definition) is 4. The number of benzene rings is 1. The lowest BCUT2D eigenvalue weighted by molar-refractivity contribution is -0.315. The normalized spacial score (nSPS) is 54.4. The monoisotopic (exact) mass is 1330 g/mol. The molecule has 8 spiro atoms. The Morgan fingerprint density at radius 2 is 1.76 bits per heavy atom. The third-order valence-electron chi connectivity index (χ3n) is 36.3. The van der Waals surface area contributed by atoms with E-state index in [4.69, 9.17) is 18.6 Å². The van der Waals surface area contributed by atoms with Gasteiger partial charge in [-0.1, -0.05) is 98.6 Å². The summed E-state index contributed by atoms with van der Waals surface area (Å²) < 4.78 is 39.2. The maximum absolute atomic E-state index is 18.6. The number of rotatable bonds is 8. The van der Waals surface area contributed by atoms with E-state index in [1.54, 1.807) is 11.8 Å². The zero-order chi connectivity index (χ0) is 65.3. The molecule has 21 aliphatic rings. The second-order valence-electron chi connectivity index (χ2n) is 38.3. The fraction of sp³-hybridized carbons (Fsp3) is 0.753. The van der Waals surface area contributed by atoms with Gasteiger partial charge in [-0.25, -0.2) is 4.79 Å². The summed E-state index contributed by atoms with van der Waals surface area (Å²) in [6, 6.07) is 13.4. The van der Waals surface area contributed by atoms with Gasteiger partial charge in [-0.2, -0.15) is 0 Å². The number of cyclic esters (lactones) is 1. The summed E-state index contributed by atoms with van der Waals surface area (Å²) in [4.78, 5) is 54.4. The Bertz CT molecular complexity index is 3970. The minimum Gasteiger partial charge on any atom is -0.469 e. The molecule has 8 heterocycles. The number of allylic oxidation sites excluding steroid dienone is 3. The van der Waals surface area contributed by atoms with Crippen LogP contribution < -0.4 is 5.32 Å². The summed E-state index contributed by atoms with van der Waals surface area (Å²) in [7, 11) is 0. The highest BCUT2D eigenvalue weighted by atomic mass is 16.7. The molecule has 4 N–H and O–H groups in total. The highest BCUT2D eigenvalue weighted by molar-refractivity contribution is 5.94. The quantitative estimate of drug-likeness (QED) is 0.0849. The van der Waals surface area contributed by atoms with Crippen molar-refractivity contribution in [2.45, 2.75) is 227 Å². The Kier molecular flexibility index (Phi) is 12.0. The number of fused-ring (bicyclic) bond motifs is 7. The van der Waals surface area contributed by atoms with Gasteiger partial charge in [-0.15, -0.1) is 0 Å². The maximum atomic E-state index is 18.6. The molecule has 1 aromatic heterocycles. The SMILES string of the molecule is CC12CC3CC45CC6(CCCC6)CC4CC4=CC6C78CCC9CCCC9C7CC=C7CCC(CC78)C67OC46C5C(=O)OCC64C7C(=O)C(O)C5(C6CC(Cc7ccccc7)CCC6C#CCC1(c1ccoc1CC(C(O)CO)C1CCC6C(C=CN7CNCC67)C1)OC(=O)C1OC152)C34. The fourth-order valence-electron chi connectivity index (χ4n) is 34.0. The first-order valence-corrected chi connectivity index (χ1v) is 40.1. The molecule has 31 atom stereocenters. The molecule has 7 aliphatic heterocycles. The van der Waals surface area contributed by atoms with Gasteiger partial charge in [0.2, 0.25) is 0 Å². The number of nitrogens with one attached hydrogen (secondary N) is 1. The van der Waals surface area contributed by atoms with Crippen molar-refractivity contribution < 1.29 is 53.1 Å². The molecule has 0 radical (unpaired) electrons. The Hall–Kier alpha value is -4.55. The minimum atomic E-state index is -1.56. The number of nitrogens with zero attached hydrogens (tertiary/aromatic N) is 1. The van der Waals surface area contributed by atoms with Crippen LogP contribution in [0.5, 0.6) is 0 Å². The van der Waals surface area contributed by atoms with E-state index < -0.39 is 92.0 Å². The number of aliphatic hydroxyl groups excluding tert-OH is 3. The summed E-state index contributed by atoms with van der Waals surface area (Å²) in [5, 5.41) is 42.7. The lowest BCUT2D eigenvalue weighted by atomic mass is 9.27. The molecule has 13 nitrogen and oxygen atoms in total. The van der Waals surface area contributed by atoms with Gasteiger partial charge in [0, 0.05) is 47.2 Å². The van der Waals surface area contributed by atoms with Crippen LogP contribution in [-0.2, 0) is 51.8 Å². The van der Waals surface area contributed by atoms with Crippen LogP contribution in [0.4, 0.5) is 0 Å². The number of esters is 2. The van der Waals surface area contributed by atoms with Gasteiger partial charge in [0.15, 0.2) is 17.5 Å². The van der Waals surface area contributed by atoms with E-state index in [0.717, 1.165) is 134 Å². The molecule has 17 fully saturated rings. The van der Waals surface area contributed by atoms with Crippen molar-refractivity contribution in [3.05, 3.63) is 95.1 Å². The van der Waals surface area contributed by atoms with Crippen molar-refractivity contribution in [3.63, 3.8) is 0 Å². The van der Waals surface area contributed by atoms with Gasteiger partial charge < -0.3 is 43.6 Å². The predicted molar refractivity (Wildman–Crippen MR) is 360 cm³/mol. The number of ketones is 1. The molecule has 13 heteroatoms. The molecule has 518 valence electrons. The average molecular weight is 1330 g/mol. The predicted octanol–water partition coefficient (Wildman–Crippen LogP) is 11.9. The van der Waals surface area contributed by atoms with Crippen molar-refractivity contribution in [1.29, 1.82) is 0 Å². The highest BCUT2D eigenvalue weighted by Gasteiger charge is 3.01. The zero-order valence-electron chi connectivity index (χ0n) is 57.5. The first-order valence-electron chi connectivity index (χ1n) is 40.1. The Balaban J connectivity index is 0.765. The lowest BCUT2D eigenvalue weighted by Gasteiger charge is -2.74. The molecule has 98 heavy (non-hydrogen) atoms. The van der Waals surface area contributed by atoms with Gasteiger partial charge in [-0.3, -0.25) is 14.9 Å². The summed E-state index contributed by atoms with van der Waals surface area (Å²) in [5.41, 5.74) is -4.33. The molecule has 14 aliphatic carbocycles. The minimum absolute atomic E-state index is 0.0485. The summed E-state index contributed by atoms with van der Waals surface area (Å²) in [6.45, 7) is 3.86. The van der Waals surface area contributed by atoms with Crippen LogP contribution in [0.1, 0.15) is 184 Å². The number of ether oxygens (including phenoxy) is 4. The van der Waals surface area contributed by atoms with Crippen LogP contribution in [-0.4, -0.2) is 106 Å². The standard InChI is InChI=1S/C85H102N2O11/c1-76-38-53-39-78-43-77(25-5-6-26-77)40-56(78)34-55-36-67-79-28-22-48-11-7-13-57(48)60(79)21-18-50-16-19-54(35-62(50)79)83(67)70-68(90)72(91)82(69(53)80(70)44-95-74(92)71(78)84(55,80)98-83)63-32-47(31-46-9-3-2-4-10-46)14-15-49(63)12-8-27-81(76,97-75(93)73-85(76,82)96-73)61-24-30-94-66(61)37-59(65(89)42-88)51-17-20-58-52(33-51)23-29-87-45-86-41-64(58)87/h2-4,9-10,18,23-24,29-30,36,47-49,51-54,56-60,62-65,67,69-73,86,88-89,91H,5-7,11,13-17,19-22,25-28,31-35,37-45H2,1H3. The number of furan rings is 1. The summed E-state index contributed by atoms with van der Waals surface area (Å²) >= 11 is 0. The van der Waals surface area contributed by atoms with E-state index in [0.29, 0.717) is 60.7 Å². The molecule has 11 bridgehead atoms. The van der Waals surface area contributed by atoms with Crippen LogP contribution in [0.3, 0.4) is 0 Å². The van der Waals surface area contributed by atoms with Crippen molar-refractivity contribution in [2.75, 3.05) is 26.4 Å². The number of carbonyl (C=O) groups is 3. The van der Waals surface area contributed by atoms with Crippen molar-refractivity contribution >= 4 is 17.7 Å². The smallest absolute Gasteiger partial charge is 0.339 e. The first kappa shape index (κ1) is 59.9. The molecule has 5 saturated heterocycles. The molecule has 12 saturated carbocycles. The number of Topliss-reactive ketones (excluding diaryl/α,β-unsaturated/α-hetero) is 1. The Morgan fingerprint density at radius 3 is 2.63 bits per heavy atom. The van der Waals surface area contributed by atoms with E-state index >= 15 is 19.5 Å². The van der Waals surface area contributed by atoms with E-state index in [-0.39, 0.29) is 89.6 Å². The fourth-order valence-corrected chi connectivity index (χ4v) is 34.0. The van der Waals surface area contributed by atoms with Crippen LogP contribution in [0, 0.1) is 151 Å². The number of hydrogen-bond acceptors (Lipinski definition) is 13. The number of aliphatic hydroxyl groups is 3. The number of carbonyl (C=O) groups excluding carboxylic acids is 3. The molecule has 2 aromatic rings. The van der Waals surface area contributed by atoms with E-state index in [9.17, 15) is 14.9 Å². The first-order chi connectivity index (χ1) is 47.7. The van der Waals surface area contributed by atoms with Crippen molar-refractivity contribution in [3.8, 4) is 11.8 Å². The van der Waals surface area contributed by atoms with Gasteiger partial charge in [-0.05, 0) is 257 Å². The Morgan fingerprint density at radius 1 is 0.867 bits per heavy atom. The molecule has 31 unspecified atom stereocenters. The van der Waals surface area contributed by atoms with E-state index in [2.05, 4.69) is 83.7 Å². The zero-order valence-corrected chi connectivity index (χ0v) is 57.5. The summed E-state index contributed by atoms with van der Waals surface area (Å²) in [5.74, 6) is 8.45. The van der Waals surface area contributed by atoms with Gasteiger partial charge >= 0.3 is 11.9 Å². The largest absolute Gasteiger partial charge is 0.469 e.